The Balaban J connectivity index is 1.50. The molecule has 2 aliphatic rings. The highest BCUT2D eigenvalue weighted by Gasteiger charge is 2.34. The summed E-state index contributed by atoms with van der Waals surface area (Å²) in [6.07, 6.45) is 4.51. The molecule has 0 spiro atoms. The average molecular weight is 357 g/mol. The lowest BCUT2D eigenvalue weighted by atomic mass is 9.98. The summed E-state index contributed by atoms with van der Waals surface area (Å²) in [6.45, 7) is 0. The molecule has 2 saturated heterocycles. The minimum atomic E-state index is 0.0112. The molecule has 2 bridgehead atoms. The number of carbonyl (C=O) groups excluding carboxylic acids is 1. The second-order valence-electron chi connectivity index (χ2n) is 7.72. The Morgan fingerprint density at radius 1 is 0.963 bits per heavy atom. The van der Waals surface area contributed by atoms with E-state index in [2.05, 4.69) is 10.6 Å². The fourth-order valence-electron chi connectivity index (χ4n) is 4.56. The number of nitrogens with one attached hydrogen (secondary N) is 2. The molecule has 2 aromatic carbocycles. The molecule has 136 valence electrons. The number of benzene rings is 2. The lowest BCUT2D eigenvalue weighted by Crippen LogP contribution is -2.48. The molecule has 2 fully saturated rings. The Morgan fingerprint density at radius 2 is 1.67 bits per heavy atom. The highest BCUT2D eigenvalue weighted by molar-refractivity contribution is 6.07. The van der Waals surface area contributed by atoms with E-state index < -0.39 is 0 Å². The number of rotatable bonds is 3. The third-order valence-electron chi connectivity index (χ3n) is 5.84. The first-order valence-electron chi connectivity index (χ1n) is 9.78. The summed E-state index contributed by atoms with van der Waals surface area (Å²) in [4.78, 5) is 18.0. The van der Waals surface area contributed by atoms with Gasteiger partial charge in [0.2, 0.25) is 0 Å². The van der Waals surface area contributed by atoms with Gasteiger partial charge in [-0.05, 0) is 37.8 Å². The van der Waals surface area contributed by atoms with Gasteiger partial charge >= 0.3 is 0 Å². The van der Waals surface area contributed by atoms with E-state index in [1.165, 1.54) is 12.8 Å². The minimum Gasteiger partial charge on any atom is -0.349 e. The first kappa shape index (κ1) is 16.5. The number of pyridine rings is 1. The van der Waals surface area contributed by atoms with Crippen LogP contribution in [0.25, 0.3) is 22.2 Å². The molecule has 0 radical (unpaired) electrons. The predicted molar refractivity (Wildman–Crippen MR) is 108 cm³/mol. The minimum absolute atomic E-state index is 0.0112. The second-order valence-corrected chi connectivity index (χ2v) is 7.72. The van der Waals surface area contributed by atoms with E-state index in [0.29, 0.717) is 17.6 Å². The zero-order valence-corrected chi connectivity index (χ0v) is 15.2. The number of hydrogen-bond donors (Lipinski definition) is 2. The standard InChI is InChI=1S/C23H23N3O/c27-23(25-18-12-16-10-11-17(13-18)24-16)20-14-22(15-6-2-1-3-7-15)26-21-9-5-4-8-19(20)21/h1-9,14,16-18,24H,10-13H2,(H,25,27). The van der Waals surface area contributed by atoms with E-state index in [4.69, 9.17) is 4.98 Å². The number of para-hydroxylation sites is 1. The maximum atomic E-state index is 13.2. The van der Waals surface area contributed by atoms with Crippen molar-refractivity contribution in [1.29, 1.82) is 0 Å². The van der Waals surface area contributed by atoms with Crippen LogP contribution in [0.5, 0.6) is 0 Å². The summed E-state index contributed by atoms with van der Waals surface area (Å²) in [5.41, 5.74) is 3.43. The van der Waals surface area contributed by atoms with E-state index in [0.717, 1.165) is 35.0 Å². The summed E-state index contributed by atoms with van der Waals surface area (Å²) in [6, 6.07) is 21.2. The Kier molecular flexibility index (Phi) is 4.13. The van der Waals surface area contributed by atoms with Crippen LogP contribution in [-0.4, -0.2) is 29.0 Å². The van der Waals surface area contributed by atoms with Crippen LogP contribution < -0.4 is 10.6 Å². The number of nitrogens with zero attached hydrogens (tertiary/aromatic N) is 1. The van der Waals surface area contributed by atoms with Gasteiger partial charge in [0.15, 0.2) is 0 Å². The molecular weight excluding hydrogens is 334 g/mol. The number of carbonyl (C=O) groups is 1. The fraction of sp³-hybridized carbons (Fsp3) is 0.304. The van der Waals surface area contributed by atoms with Crippen molar-refractivity contribution >= 4 is 16.8 Å². The second kappa shape index (κ2) is 6.78. The smallest absolute Gasteiger partial charge is 0.252 e. The summed E-state index contributed by atoms with van der Waals surface area (Å²) in [5, 5.41) is 7.84. The Labute approximate surface area is 159 Å². The van der Waals surface area contributed by atoms with Gasteiger partial charge in [0.1, 0.15) is 0 Å². The molecule has 4 heteroatoms. The van der Waals surface area contributed by atoms with Gasteiger partial charge in [0, 0.05) is 29.1 Å². The van der Waals surface area contributed by atoms with Gasteiger partial charge in [0.25, 0.3) is 5.91 Å². The molecule has 0 saturated carbocycles. The van der Waals surface area contributed by atoms with Crippen molar-refractivity contribution in [2.24, 2.45) is 0 Å². The van der Waals surface area contributed by atoms with Crippen LogP contribution in [0.2, 0.25) is 0 Å². The van der Waals surface area contributed by atoms with Crippen molar-refractivity contribution < 1.29 is 4.79 Å². The molecule has 5 rings (SSSR count). The lowest BCUT2D eigenvalue weighted by molar-refractivity contribution is 0.0925. The van der Waals surface area contributed by atoms with Crippen molar-refractivity contribution in [2.45, 2.75) is 43.8 Å². The highest BCUT2D eigenvalue weighted by Crippen LogP contribution is 2.28. The van der Waals surface area contributed by atoms with Crippen LogP contribution >= 0.6 is 0 Å². The van der Waals surface area contributed by atoms with Gasteiger partial charge in [-0.1, -0.05) is 48.5 Å². The molecule has 2 N–H and O–H groups in total. The van der Waals surface area contributed by atoms with Gasteiger partial charge in [-0.25, -0.2) is 4.98 Å². The predicted octanol–water partition coefficient (Wildman–Crippen LogP) is 3.91. The summed E-state index contributed by atoms with van der Waals surface area (Å²) < 4.78 is 0. The van der Waals surface area contributed by atoms with E-state index in [9.17, 15) is 4.79 Å². The van der Waals surface area contributed by atoms with E-state index in [-0.39, 0.29) is 11.9 Å². The molecule has 2 atom stereocenters. The molecule has 2 aliphatic heterocycles. The molecule has 1 amide bonds. The van der Waals surface area contributed by atoms with Gasteiger partial charge < -0.3 is 10.6 Å². The van der Waals surface area contributed by atoms with Crippen molar-refractivity contribution in [3.05, 3.63) is 66.2 Å². The van der Waals surface area contributed by atoms with Crippen molar-refractivity contribution in [3.8, 4) is 11.3 Å². The molecule has 27 heavy (non-hydrogen) atoms. The first-order chi connectivity index (χ1) is 13.3. The lowest BCUT2D eigenvalue weighted by Gasteiger charge is -2.29. The van der Waals surface area contributed by atoms with Crippen LogP contribution in [0.3, 0.4) is 0 Å². The van der Waals surface area contributed by atoms with Gasteiger partial charge in [-0.3, -0.25) is 4.79 Å². The van der Waals surface area contributed by atoms with Crippen LogP contribution in [-0.2, 0) is 0 Å². The number of piperidine rings is 1. The molecule has 0 aliphatic carbocycles. The maximum absolute atomic E-state index is 13.2. The van der Waals surface area contributed by atoms with E-state index in [1.54, 1.807) is 0 Å². The van der Waals surface area contributed by atoms with Gasteiger partial charge in [-0.2, -0.15) is 0 Å². The van der Waals surface area contributed by atoms with Gasteiger partial charge in [-0.15, -0.1) is 0 Å². The van der Waals surface area contributed by atoms with Crippen molar-refractivity contribution in [2.75, 3.05) is 0 Å². The Morgan fingerprint density at radius 3 is 2.44 bits per heavy atom. The Bertz CT molecular complexity index is 973. The van der Waals surface area contributed by atoms with Crippen LogP contribution in [0.15, 0.2) is 60.7 Å². The zero-order valence-electron chi connectivity index (χ0n) is 15.2. The molecule has 1 aromatic heterocycles. The van der Waals surface area contributed by atoms with Crippen LogP contribution in [0.4, 0.5) is 0 Å². The van der Waals surface area contributed by atoms with Crippen LogP contribution in [0.1, 0.15) is 36.0 Å². The molecule has 3 heterocycles. The molecule has 3 aromatic rings. The van der Waals surface area contributed by atoms with Crippen molar-refractivity contribution in [3.63, 3.8) is 0 Å². The number of aromatic nitrogens is 1. The third-order valence-corrected chi connectivity index (χ3v) is 5.84. The topological polar surface area (TPSA) is 54.0 Å². The monoisotopic (exact) mass is 357 g/mol. The average Bonchev–Trinajstić information content (AvgIpc) is 3.06. The van der Waals surface area contributed by atoms with E-state index in [1.807, 2.05) is 60.7 Å². The fourth-order valence-corrected chi connectivity index (χ4v) is 4.56. The zero-order chi connectivity index (χ0) is 18.2. The third kappa shape index (κ3) is 3.21. The largest absolute Gasteiger partial charge is 0.349 e. The highest BCUT2D eigenvalue weighted by atomic mass is 16.1. The Hall–Kier alpha value is -2.72. The summed E-state index contributed by atoms with van der Waals surface area (Å²) in [7, 11) is 0. The number of hydrogen-bond acceptors (Lipinski definition) is 3. The summed E-state index contributed by atoms with van der Waals surface area (Å²) in [5.74, 6) is 0.0112. The SMILES string of the molecule is O=C(NC1CC2CCC(C1)N2)c1cc(-c2ccccc2)nc2ccccc12. The maximum Gasteiger partial charge on any atom is 0.252 e. The van der Waals surface area contributed by atoms with E-state index >= 15 is 0 Å². The van der Waals surface area contributed by atoms with Crippen LogP contribution in [0, 0.1) is 0 Å². The molecule has 4 nitrogen and oxygen atoms in total. The van der Waals surface area contributed by atoms with Crippen molar-refractivity contribution in [1.82, 2.24) is 15.6 Å². The molecular formula is C23H23N3O. The quantitative estimate of drug-likeness (QED) is 0.747. The number of fused-ring (bicyclic) bond motifs is 3. The summed E-state index contributed by atoms with van der Waals surface area (Å²) >= 11 is 0. The normalized spacial score (nSPS) is 24.1. The molecule has 2 unspecified atom stereocenters. The number of amides is 1. The van der Waals surface area contributed by atoms with Gasteiger partial charge in [0.05, 0.1) is 16.8 Å². The first-order valence-corrected chi connectivity index (χ1v) is 9.78.